The van der Waals surface area contributed by atoms with E-state index in [0.29, 0.717) is 6.04 Å². The molecule has 0 aliphatic carbocycles. The minimum Gasteiger partial charge on any atom is -0.350 e. The van der Waals surface area contributed by atoms with Gasteiger partial charge in [-0.1, -0.05) is 20.8 Å². The van der Waals surface area contributed by atoms with Crippen LogP contribution < -0.4 is 10.2 Å². The molecule has 1 saturated heterocycles. The van der Waals surface area contributed by atoms with Gasteiger partial charge in [-0.15, -0.1) is 0 Å². The van der Waals surface area contributed by atoms with Crippen LogP contribution in [0.15, 0.2) is 18.5 Å². The second-order valence-electron chi connectivity index (χ2n) is 6.46. The van der Waals surface area contributed by atoms with Gasteiger partial charge in [-0.2, -0.15) is 5.10 Å². The molecule has 0 amide bonds. The summed E-state index contributed by atoms with van der Waals surface area (Å²) in [6.07, 6.45) is 3.78. The molecule has 1 aliphatic heterocycles. The highest BCUT2D eigenvalue weighted by molar-refractivity contribution is 5.70. The fraction of sp³-hybridized carbons (Fsp3) is 0.600. The zero-order valence-corrected chi connectivity index (χ0v) is 12.7. The highest BCUT2D eigenvalue weighted by Gasteiger charge is 2.27. The molecule has 20 heavy (non-hydrogen) atoms. The Labute approximate surface area is 120 Å². The number of aromatic nitrogens is 3. The van der Waals surface area contributed by atoms with Gasteiger partial charge in [0.25, 0.3) is 0 Å². The van der Waals surface area contributed by atoms with Crippen LogP contribution in [0.1, 0.15) is 33.4 Å². The van der Waals surface area contributed by atoms with Crippen molar-refractivity contribution in [3.63, 3.8) is 0 Å². The predicted octanol–water partition coefficient (Wildman–Crippen LogP) is 1.82. The van der Waals surface area contributed by atoms with Crippen LogP contribution >= 0.6 is 0 Å². The number of fused-ring (bicyclic) bond motifs is 1. The Morgan fingerprint density at radius 3 is 2.70 bits per heavy atom. The van der Waals surface area contributed by atoms with Crippen LogP contribution in [-0.2, 0) is 5.41 Å². The Balaban J connectivity index is 2.08. The van der Waals surface area contributed by atoms with Crippen molar-refractivity contribution < 1.29 is 0 Å². The van der Waals surface area contributed by atoms with Crippen molar-refractivity contribution in [3.05, 3.63) is 24.2 Å². The topological polar surface area (TPSA) is 45.5 Å². The van der Waals surface area contributed by atoms with Gasteiger partial charge in [0.2, 0.25) is 0 Å². The number of rotatable bonds is 3. The second kappa shape index (κ2) is 4.74. The molecule has 2 aromatic rings. The second-order valence-corrected chi connectivity index (χ2v) is 6.46. The first-order valence-electron chi connectivity index (χ1n) is 7.33. The normalized spacial score (nSPS) is 16.4. The summed E-state index contributed by atoms with van der Waals surface area (Å²) in [5, 5.41) is 8.03. The first-order valence-corrected chi connectivity index (χ1v) is 7.33. The summed E-state index contributed by atoms with van der Waals surface area (Å²) < 4.78 is 1.96. The highest BCUT2D eigenvalue weighted by Crippen LogP contribution is 2.27. The van der Waals surface area contributed by atoms with Crippen LogP contribution in [-0.4, -0.2) is 40.3 Å². The molecular formula is C15H23N5. The molecule has 0 atom stereocenters. The first-order chi connectivity index (χ1) is 9.50. The predicted molar refractivity (Wildman–Crippen MR) is 81.4 cm³/mol. The van der Waals surface area contributed by atoms with E-state index in [0.717, 1.165) is 36.7 Å². The molecule has 3 heterocycles. The Morgan fingerprint density at radius 1 is 1.40 bits per heavy atom. The van der Waals surface area contributed by atoms with Crippen LogP contribution in [0, 0.1) is 0 Å². The molecule has 0 spiro atoms. The molecule has 3 rings (SSSR count). The van der Waals surface area contributed by atoms with Crippen molar-refractivity contribution >= 4 is 11.3 Å². The summed E-state index contributed by atoms with van der Waals surface area (Å²) in [6, 6.07) is 2.73. The third-order valence-corrected chi connectivity index (χ3v) is 3.95. The maximum absolute atomic E-state index is 4.70. The number of hydrogen-bond acceptors (Lipinski definition) is 4. The number of likely N-dealkylation sites (N-methyl/N-ethyl adjacent to an activating group) is 1. The first kappa shape index (κ1) is 13.4. The molecule has 1 aliphatic rings. The Morgan fingerprint density at radius 2 is 2.15 bits per heavy atom. The smallest absolute Gasteiger partial charge is 0.155 e. The molecule has 0 saturated carbocycles. The van der Waals surface area contributed by atoms with E-state index in [2.05, 4.69) is 49.0 Å². The molecule has 1 fully saturated rings. The fourth-order valence-corrected chi connectivity index (χ4v) is 2.57. The largest absolute Gasteiger partial charge is 0.350 e. The molecular weight excluding hydrogens is 250 g/mol. The summed E-state index contributed by atoms with van der Waals surface area (Å²) in [7, 11) is 0. The van der Waals surface area contributed by atoms with E-state index in [1.54, 1.807) is 0 Å². The standard InChI is InChI=1S/C15H23N5/c1-5-19(11-9-16-10-11)14-12-8-13(15(2,3)4)18-20(12)7-6-17-14/h6-8,11,16H,5,9-10H2,1-4H3. The van der Waals surface area contributed by atoms with E-state index >= 15 is 0 Å². The van der Waals surface area contributed by atoms with Crippen molar-refractivity contribution in [2.75, 3.05) is 24.5 Å². The number of nitrogens with one attached hydrogen (secondary N) is 1. The van der Waals surface area contributed by atoms with E-state index in [1.807, 2.05) is 16.9 Å². The van der Waals surface area contributed by atoms with Gasteiger partial charge in [0.1, 0.15) is 5.52 Å². The fourth-order valence-electron chi connectivity index (χ4n) is 2.57. The van der Waals surface area contributed by atoms with Gasteiger partial charge < -0.3 is 10.2 Å². The van der Waals surface area contributed by atoms with Gasteiger partial charge in [-0.3, -0.25) is 0 Å². The maximum atomic E-state index is 4.70. The van der Waals surface area contributed by atoms with Crippen molar-refractivity contribution in [2.24, 2.45) is 0 Å². The van der Waals surface area contributed by atoms with Gasteiger partial charge in [0.05, 0.1) is 11.7 Å². The molecule has 108 valence electrons. The maximum Gasteiger partial charge on any atom is 0.155 e. The molecule has 5 nitrogen and oxygen atoms in total. The molecule has 2 aromatic heterocycles. The monoisotopic (exact) mass is 273 g/mol. The van der Waals surface area contributed by atoms with Gasteiger partial charge in [0, 0.05) is 37.4 Å². The Kier molecular flexibility index (Phi) is 3.17. The van der Waals surface area contributed by atoms with Crippen molar-refractivity contribution in [1.82, 2.24) is 19.9 Å². The zero-order chi connectivity index (χ0) is 14.3. The van der Waals surface area contributed by atoms with Gasteiger partial charge in [-0.05, 0) is 13.0 Å². The van der Waals surface area contributed by atoms with E-state index in [9.17, 15) is 0 Å². The lowest BCUT2D eigenvalue weighted by molar-refractivity contribution is 0.415. The van der Waals surface area contributed by atoms with E-state index < -0.39 is 0 Å². The lowest BCUT2D eigenvalue weighted by Crippen LogP contribution is -2.57. The van der Waals surface area contributed by atoms with E-state index in [4.69, 9.17) is 5.10 Å². The van der Waals surface area contributed by atoms with Crippen LogP contribution in [0.2, 0.25) is 0 Å². The average molecular weight is 273 g/mol. The quantitative estimate of drug-likeness (QED) is 0.926. The lowest BCUT2D eigenvalue weighted by atomic mass is 9.92. The van der Waals surface area contributed by atoms with Crippen molar-refractivity contribution in [1.29, 1.82) is 0 Å². The molecule has 5 heteroatoms. The third-order valence-electron chi connectivity index (χ3n) is 3.95. The summed E-state index contributed by atoms with van der Waals surface area (Å²) in [4.78, 5) is 6.99. The Hall–Kier alpha value is -1.62. The summed E-state index contributed by atoms with van der Waals surface area (Å²) in [6.45, 7) is 11.8. The molecule has 1 N–H and O–H groups in total. The van der Waals surface area contributed by atoms with Crippen LogP contribution in [0.5, 0.6) is 0 Å². The minimum absolute atomic E-state index is 0.0539. The van der Waals surface area contributed by atoms with Crippen molar-refractivity contribution in [3.8, 4) is 0 Å². The highest BCUT2D eigenvalue weighted by atomic mass is 15.3. The molecule has 0 aromatic carbocycles. The summed E-state index contributed by atoms with van der Waals surface area (Å²) >= 11 is 0. The van der Waals surface area contributed by atoms with Crippen LogP contribution in [0.4, 0.5) is 5.82 Å². The average Bonchev–Trinajstić information content (AvgIpc) is 2.77. The van der Waals surface area contributed by atoms with Gasteiger partial charge in [-0.25, -0.2) is 9.50 Å². The minimum atomic E-state index is 0.0539. The Bertz CT molecular complexity index is 606. The van der Waals surface area contributed by atoms with Crippen molar-refractivity contribution in [2.45, 2.75) is 39.2 Å². The molecule has 0 radical (unpaired) electrons. The summed E-state index contributed by atoms with van der Waals surface area (Å²) in [5.74, 6) is 1.05. The van der Waals surface area contributed by atoms with Gasteiger partial charge >= 0.3 is 0 Å². The number of nitrogens with zero attached hydrogens (tertiary/aromatic N) is 4. The summed E-state index contributed by atoms with van der Waals surface area (Å²) in [5.41, 5.74) is 2.26. The number of anilines is 1. The molecule has 0 unspecified atom stereocenters. The van der Waals surface area contributed by atoms with Crippen LogP contribution in [0.25, 0.3) is 5.52 Å². The van der Waals surface area contributed by atoms with E-state index in [-0.39, 0.29) is 5.41 Å². The number of hydrogen-bond donors (Lipinski definition) is 1. The van der Waals surface area contributed by atoms with Crippen LogP contribution in [0.3, 0.4) is 0 Å². The van der Waals surface area contributed by atoms with Gasteiger partial charge in [0.15, 0.2) is 5.82 Å². The van der Waals surface area contributed by atoms with E-state index in [1.165, 1.54) is 0 Å². The third kappa shape index (κ3) is 2.16. The molecule has 0 bridgehead atoms. The zero-order valence-electron chi connectivity index (χ0n) is 12.7. The lowest BCUT2D eigenvalue weighted by Gasteiger charge is -2.38. The SMILES string of the molecule is CCN(c1nccn2nc(C(C)(C)C)cc12)C1CNC1.